The molecule has 2 rings (SSSR count). The van der Waals surface area contributed by atoms with Crippen molar-refractivity contribution in [2.75, 3.05) is 33.3 Å². The number of aliphatic hydroxyl groups excluding tert-OH is 1. The highest BCUT2D eigenvalue weighted by Crippen LogP contribution is 2.18. The lowest BCUT2D eigenvalue weighted by Crippen LogP contribution is -2.41. The minimum Gasteiger partial charge on any atom is -0.497 e. The molecule has 0 saturated carbocycles. The zero-order chi connectivity index (χ0) is 15.1. The Kier molecular flexibility index (Phi) is 6.02. The van der Waals surface area contributed by atoms with Crippen LogP contribution in [-0.4, -0.2) is 49.2 Å². The Morgan fingerprint density at radius 3 is 2.86 bits per heavy atom. The minimum absolute atomic E-state index is 0.118. The normalized spacial score (nSPS) is 16.6. The molecule has 0 radical (unpaired) electrons. The molecule has 0 bridgehead atoms. The molecule has 0 spiro atoms. The summed E-state index contributed by atoms with van der Waals surface area (Å²) < 4.78 is 5.13. The Morgan fingerprint density at radius 1 is 1.38 bits per heavy atom. The van der Waals surface area contributed by atoms with Crippen molar-refractivity contribution in [1.82, 2.24) is 10.2 Å². The number of ether oxygens (including phenoxy) is 1. The highest BCUT2D eigenvalue weighted by atomic mass is 16.5. The van der Waals surface area contributed by atoms with Gasteiger partial charge in [0.1, 0.15) is 5.75 Å². The maximum absolute atomic E-state index is 12.0. The zero-order valence-electron chi connectivity index (χ0n) is 12.5. The van der Waals surface area contributed by atoms with E-state index in [-0.39, 0.29) is 12.5 Å². The molecular weight excluding hydrogens is 268 g/mol. The summed E-state index contributed by atoms with van der Waals surface area (Å²) in [5, 5.41) is 13.2. The number of benzene rings is 1. The van der Waals surface area contributed by atoms with E-state index in [4.69, 9.17) is 4.74 Å². The first kappa shape index (κ1) is 15.8. The summed E-state index contributed by atoms with van der Waals surface area (Å²) in [5.74, 6) is 0.837. The number of carbonyl (C=O) groups excluding carboxylic acids is 1. The second kappa shape index (κ2) is 8.00. The van der Waals surface area contributed by atoms with Gasteiger partial charge in [0.05, 0.1) is 19.8 Å². The third-order valence-electron chi connectivity index (χ3n) is 3.80. The van der Waals surface area contributed by atoms with E-state index in [9.17, 15) is 9.90 Å². The standard InChI is InChI=1S/C16H24N2O3/c1-21-14-7-5-6-13(10-14)15(19)11-17-12-16(20)18-8-3-2-4-9-18/h5-7,10,15,17,19H,2-4,8-9,11-12H2,1H3. The number of methoxy groups -OCH3 is 1. The highest BCUT2D eigenvalue weighted by Gasteiger charge is 2.16. The molecule has 2 N–H and O–H groups in total. The molecule has 1 aliphatic heterocycles. The monoisotopic (exact) mass is 292 g/mol. The number of likely N-dealkylation sites (tertiary alicyclic amines) is 1. The molecule has 0 aliphatic carbocycles. The van der Waals surface area contributed by atoms with Crippen LogP contribution in [0, 0.1) is 0 Å². The van der Waals surface area contributed by atoms with Crippen molar-refractivity contribution in [2.24, 2.45) is 0 Å². The number of hydrogen-bond donors (Lipinski definition) is 2. The van der Waals surface area contributed by atoms with Crippen molar-refractivity contribution >= 4 is 5.91 Å². The smallest absolute Gasteiger partial charge is 0.236 e. The van der Waals surface area contributed by atoms with Gasteiger partial charge >= 0.3 is 0 Å². The number of nitrogens with zero attached hydrogens (tertiary/aromatic N) is 1. The summed E-state index contributed by atoms with van der Waals surface area (Å²) in [5.41, 5.74) is 0.785. The number of rotatable bonds is 6. The molecule has 1 fully saturated rings. The molecule has 1 heterocycles. The quantitative estimate of drug-likeness (QED) is 0.830. The van der Waals surface area contributed by atoms with Crippen molar-refractivity contribution in [1.29, 1.82) is 0 Å². The van der Waals surface area contributed by atoms with Crippen LogP contribution in [0.15, 0.2) is 24.3 Å². The van der Waals surface area contributed by atoms with Crippen LogP contribution in [0.3, 0.4) is 0 Å². The lowest BCUT2D eigenvalue weighted by Gasteiger charge is -2.27. The van der Waals surface area contributed by atoms with Gasteiger partial charge in [0, 0.05) is 19.6 Å². The van der Waals surface area contributed by atoms with Gasteiger partial charge in [-0.2, -0.15) is 0 Å². The van der Waals surface area contributed by atoms with Crippen LogP contribution >= 0.6 is 0 Å². The third-order valence-corrected chi connectivity index (χ3v) is 3.80. The Bertz CT molecular complexity index is 459. The van der Waals surface area contributed by atoms with E-state index in [1.54, 1.807) is 13.2 Å². The topological polar surface area (TPSA) is 61.8 Å². The van der Waals surface area contributed by atoms with Gasteiger partial charge in [0.15, 0.2) is 0 Å². The lowest BCUT2D eigenvalue weighted by atomic mass is 10.1. The van der Waals surface area contributed by atoms with Crippen molar-refractivity contribution in [3.05, 3.63) is 29.8 Å². The molecule has 116 valence electrons. The molecule has 5 nitrogen and oxygen atoms in total. The molecule has 1 aromatic carbocycles. The van der Waals surface area contributed by atoms with Crippen LogP contribution < -0.4 is 10.1 Å². The molecule has 21 heavy (non-hydrogen) atoms. The largest absolute Gasteiger partial charge is 0.497 e. The van der Waals surface area contributed by atoms with E-state index in [2.05, 4.69) is 5.32 Å². The molecule has 1 aliphatic rings. The van der Waals surface area contributed by atoms with E-state index < -0.39 is 6.10 Å². The van der Waals surface area contributed by atoms with Crippen LogP contribution in [0.4, 0.5) is 0 Å². The van der Waals surface area contributed by atoms with Crippen molar-refractivity contribution in [2.45, 2.75) is 25.4 Å². The van der Waals surface area contributed by atoms with Crippen LogP contribution in [0.1, 0.15) is 30.9 Å². The van der Waals surface area contributed by atoms with Crippen molar-refractivity contribution < 1.29 is 14.6 Å². The number of piperidine rings is 1. The molecule has 1 amide bonds. The van der Waals surface area contributed by atoms with Crippen molar-refractivity contribution in [3.8, 4) is 5.75 Å². The molecule has 1 atom stereocenters. The molecule has 5 heteroatoms. The summed E-state index contributed by atoms with van der Waals surface area (Å²) in [6, 6.07) is 7.33. The van der Waals surface area contributed by atoms with E-state index >= 15 is 0 Å². The van der Waals surface area contributed by atoms with Gasteiger partial charge < -0.3 is 20.1 Å². The van der Waals surface area contributed by atoms with Gasteiger partial charge in [-0.25, -0.2) is 0 Å². The maximum Gasteiger partial charge on any atom is 0.236 e. The van der Waals surface area contributed by atoms with Gasteiger partial charge in [-0.05, 0) is 37.0 Å². The van der Waals surface area contributed by atoms with Gasteiger partial charge in [0.25, 0.3) is 0 Å². The molecule has 1 unspecified atom stereocenters. The SMILES string of the molecule is COc1cccc(C(O)CNCC(=O)N2CCCCC2)c1. The zero-order valence-corrected chi connectivity index (χ0v) is 12.5. The first-order valence-corrected chi connectivity index (χ1v) is 7.51. The van der Waals surface area contributed by atoms with E-state index in [0.717, 1.165) is 37.2 Å². The van der Waals surface area contributed by atoms with Gasteiger partial charge in [0.2, 0.25) is 5.91 Å². The summed E-state index contributed by atoms with van der Waals surface area (Å²) >= 11 is 0. The Labute approximate surface area is 125 Å². The Balaban J connectivity index is 1.75. The average Bonchev–Trinajstić information content (AvgIpc) is 2.55. The third kappa shape index (κ3) is 4.72. The summed E-state index contributed by atoms with van der Waals surface area (Å²) in [6.45, 7) is 2.35. The minimum atomic E-state index is -0.644. The van der Waals surface area contributed by atoms with Gasteiger partial charge in [-0.1, -0.05) is 12.1 Å². The molecule has 0 aromatic heterocycles. The summed E-state index contributed by atoms with van der Waals surface area (Å²) in [6.07, 6.45) is 2.76. The second-order valence-electron chi connectivity index (χ2n) is 5.36. The Morgan fingerprint density at radius 2 is 2.14 bits per heavy atom. The van der Waals surface area contributed by atoms with Crippen LogP contribution in [0.2, 0.25) is 0 Å². The predicted octanol–water partition coefficient (Wildman–Crippen LogP) is 1.33. The number of nitrogens with one attached hydrogen (secondary N) is 1. The Hall–Kier alpha value is -1.59. The fourth-order valence-corrected chi connectivity index (χ4v) is 2.54. The van der Waals surface area contributed by atoms with E-state index in [0.29, 0.717) is 6.54 Å². The molecule has 1 saturated heterocycles. The number of hydrogen-bond acceptors (Lipinski definition) is 4. The average molecular weight is 292 g/mol. The van der Waals surface area contributed by atoms with E-state index in [1.807, 2.05) is 23.1 Å². The maximum atomic E-state index is 12.0. The number of amides is 1. The second-order valence-corrected chi connectivity index (χ2v) is 5.36. The van der Waals surface area contributed by atoms with Crippen LogP contribution in [0.5, 0.6) is 5.75 Å². The highest BCUT2D eigenvalue weighted by molar-refractivity contribution is 5.78. The lowest BCUT2D eigenvalue weighted by molar-refractivity contribution is -0.131. The van der Waals surface area contributed by atoms with Crippen LogP contribution in [0.25, 0.3) is 0 Å². The van der Waals surface area contributed by atoms with Gasteiger partial charge in [-0.15, -0.1) is 0 Å². The fourth-order valence-electron chi connectivity index (χ4n) is 2.54. The first-order valence-electron chi connectivity index (χ1n) is 7.51. The molecular formula is C16H24N2O3. The predicted molar refractivity (Wildman–Crippen MR) is 81.3 cm³/mol. The van der Waals surface area contributed by atoms with E-state index in [1.165, 1.54) is 6.42 Å². The van der Waals surface area contributed by atoms with Crippen LogP contribution in [-0.2, 0) is 4.79 Å². The fraction of sp³-hybridized carbons (Fsp3) is 0.562. The molecule has 1 aromatic rings. The summed E-state index contributed by atoms with van der Waals surface area (Å²) in [7, 11) is 1.60. The van der Waals surface area contributed by atoms with Crippen molar-refractivity contribution in [3.63, 3.8) is 0 Å². The number of carbonyl (C=O) groups is 1. The summed E-state index contributed by atoms with van der Waals surface area (Å²) in [4.78, 5) is 13.9. The number of aliphatic hydroxyl groups is 1. The first-order chi connectivity index (χ1) is 10.2. The van der Waals surface area contributed by atoms with Gasteiger partial charge in [-0.3, -0.25) is 4.79 Å².